The molecular formula is C8H16F3NO2. The van der Waals surface area contributed by atoms with Gasteiger partial charge in [0, 0.05) is 6.61 Å². The minimum atomic E-state index is -4.26. The number of rotatable bonds is 7. The SMILES string of the molecule is CCOCC(COCC(F)(F)F)NC. The van der Waals surface area contributed by atoms with E-state index >= 15 is 0 Å². The second-order valence-electron chi connectivity index (χ2n) is 2.78. The Hall–Kier alpha value is -0.330. The van der Waals surface area contributed by atoms with Crippen LogP contribution in [0, 0.1) is 0 Å². The van der Waals surface area contributed by atoms with E-state index in [1.807, 2.05) is 6.92 Å². The molecule has 1 unspecified atom stereocenters. The Labute approximate surface area is 81.6 Å². The Bertz CT molecular complexity index is 141. The molecule has 0 fully saturated rings. The lowest BCUT2D eigenvalue weighted by molar-refractivity contribution is -0.176. The maximum absolute atomic E-state index is 11.7. The minimum absolute atomic E-state index is 0.00396. The van der Waals surface area contributed by atoms with Gasteiger partial charge in [-0.15, -0.1) is 0 Å². The maximum Gasteiger partial charge on any atom is 0.411 e. The van der Waals surface area contributed by atoms with Crippen molar-refractivity contribution in [2.75, 3.05) is 33.5 Å². The van der Waals surface area contributed by atoms with E-state index in [-0.39, 0.29) is 12.6 Å². The monoisotopic (exact) mass is 215 g/mol. The molecule has 14 heavy (non-hydrogen) atoms. The van der Waals surface area contributed by atoms with Gasteiger partial charge in [-0.25, -0.2) is 0 Å². The molecule has 0 rings (SSSR count). The highest BCUT2D eigenvalue weighted by atomic mass is 19.4. The van der Waals surface area contributed by atoms with E-state index in [2.05, 4.69) is 10.1 Å². The van der Waals surface area contributed by atoms with E-state index in [0.29, 0.717) is 13.2 Å². The van der Waals surface area contributed by atoms with Crippen LogP contribution in [-0.4, -0.2) is 45.7 Å². The molecule has 0 aliphatic heterocycles. The highest BCUT2D eigenvalue weighted by molar-refractivity contribution is 4.62. The van der Waals surface area contributed by atoms with Crippen LogP contribution in [0.15, 0.2) is 0 Å². The summed E-state index contributed by atoms with van der Waals surface area (Å²) in [5, 5.41) is 2.81. The van der Waals surface area contributed by atoms with Crippen LogP contribution in [0.4, 0.5) is 13.2 Å². The fraction of sp³-hybridized carbons (Fsp3) is 1.00. The summed E-state index contributed by atoms with van der Waals surface area (Å²) < 4.78 is 44.6. The minimum Gasteiger partial charge on any atom is -0.380 e. The molecular weight excluding hydrogens is 199 g/mol. The lowest BCUT2D eigenvalue weighted by atomic mass is 10.3. The summed E-state index contributed by atoms with van der Waals surface area (Å²) in [4.78, 5) is 0. The average Bonchev–Trinajstić information content (AvgIpc) is 2.09. The molecule has 0 aromatic carbocycles. The third kappa shape index (κ3) is 8.28. The van der Waals surface area contributed by atoms with Crippen molar-refractivity contribution < 1.29 is 22.6 Å². The zero-order valence-electron chi connectivity index (χ0n) is 8.36. The van der Waals surface area contributed by atoms with Crippen molar-refractivity contribution in [2.24, 2.45) is 0 Å². The molecule has 0 aliphatic carbocycles. The van der Waals surface area contributed by atoms with Gasteiger partial charge in [0.15, 0.2) is 0 Å². The van der Waals surface area contributed by atoms with E-state index in [1.165, 1.54) is 0 Å². The van der Waals surface area contributed by atoms with Crippen molar-refractivity contribution in [3.8, 4) is 0 Å². The van der Waals surface area contributed by atoms with Gasteiger partial charge in [-0.3, -0.25) is 0 Å². The predicted molar refractivity (Wildman–Crippen MR) is 46.2 cm³/mol. The van der Waals surface area contributed by atoms with E-state index in [4.69, 9.17) is 4.74 Å². The highest BCUT2D eigenvalue weighted by Gasteiger charge is 2.27. The molecule has 0 spiro atoms. The van der Waals surface area contributed by atoms with Crippen LogP contribution >= 0.6 is 0 Å². The second kappa shape index (κ2) is 7.03. The number of halogens is 3. The molecule has 1 N–H and O–H groups in total. The first-order chi connectivity index (χ1) is 6.49. The largest absolute Gasteiger partial charge is 0.411 e. The van der Waals surface area contributed by atoms with Gasteiger partial charge in [-0.1, -0.05) is 0 Å². The molecule has 0 aromatic heterocycles. The van der Waals surface area contributed by atoms with Crippen molar-refractivity contribution >= 4 is 0 Å². The first-order valence-corrected chi connectivity index (χ1v) is 4.39. The fourth-order valence-corrected chi connectivity index (χ4v) is 0.792. The predicted octanol–water partition coefficient (Wildman–Crippen LogP) is 1.19. The van der Waals surface area contributed by atoms with E-state index in [0.717, 1.165) is 0 Å². The Morgan fingerprint density at radius 3 is 2.21 bits per heavy atom. The average molecular weight is 215 g/mol. The maximum atomic E-state index is 11.7. The normalized spacial score (nSPS) is 14.4. The quantitative estimate of drug-likeness (QED) is 0.692. The molecule has 1 atom stereocenters. The molecule has 0 amide bonds. The fourth-order valence-electron chi connectivity index (χ4n) is 0.792. The lowest BCUT2D eigenvalue weighted by Crippen LogP contribution is -2.36. The molecule has 0 radical (unpaired) electrons. The first-order valence-electron chi connectivity index (χ1n) is 4.39. The molecule has 0 aliphatic rings. The van der Waals surface area contributed by atoms with E-state index in [9.17, 15) is 13.2 Å². The lowest BCUT2D eigenvalue weighted by Gasteiger charge is -2.16. The Kier molecular flexibility index (Phi) is 6.86. The summed E-state index contributed by atoms with van der Waals surface area (Å²) in [6.45, 7) is 1.50. The van der Waals surface area contributed by atoms with Gasteiger partial charge in [0.05, 0.1) is 19.3 Å². The molecule has 0 bridgehead atoms. The number of hydrogen-bond acceptors (Lipinski definition) is 3. The Balaban J connectivity index is 3.52. The molecule has 0 saturated heterocycles. The van der Waals surface area contributed by atoms with Crippen molar-refractivity contribution in [3.05, 3.63) is 0 Å². The van der Waals surface area contributed by atoms with Crippen molar-refractivity contribution in [1.82, 2.24) is 5.32 Å². The number of nitrogens with one attached hydrogen (secondary N) is 1. The van der Waals surface area contributed by atoms with Crippen molar-refractivity contribution in [3.63, 3.8) is 0 Å². The van der Waals surface area contributed by atoms with Crippen LogP contribution in [0.2, 0.25) is 0 Å². The topological polar surface area (TPSA) is 30.5 Å². The standard InChI is InChI=1S/C8H16F3NO2/c1-3-13-4-7(12-2)5-14-6-8(9,10)11/h7,12H,3-6H2,1-2H3. The zero-order chi connectivity index (χ0) is 11.0. The zero-order valence-corrected chi connectivity index (χ0v) is 8.36. The summed E-state index contributed by atoms with van der Waals surface area (Å²) in [5.41, 5.74) is 0. The van der Waals surface area contributed by atoms with Crippen LogP contribution in [0.25, 0.3) is 0 Å². The van der Waals surface area contributed by atoms with Gasteiger partial charge < -0.3 is 14.8 Å². The van der Waals surface area contributed by atoms with Gasteiger partial charge in [0.25, 0.3) is 0 Å². The van der Waals surface area contributed by atoms with Crippen LogP contribution in [0.3, 0.4) is 0 Å². The summed E-state index contributed by atoms with van der Waals surface area (Å²) in [6, 6.07) is -0.197. The van der Waals surface area contributed by atoms with Gasteiger partial charge in [0.1, 0.15) is 6.61 Å². The van der Waals surface area contributed by atoms with Gasteiger partial charge >= 0.3 is 6.18 Å². The van der Waals surface area contributed by atoms with Crippen LogP contribution in [0.1, 0.15) is 6.92 Å². The summed E-state index contributed by atoms with van der Waals surface area (Å²) in [7, 11) is 1.65. The highest BCUT2D eigenvalue weighted by Crippen LogP contribution is 2.14. The number of alkyl halides is 3. The first kappa shape index (κ1) is 13.7. The summed E-state index contributed by atoms with van der Waals surface area (Å²) >= 11 is 0. The van der Waals surface area contributed by atoms with Crippen LogP contribution in [-0.2, 0) is 9.47 Å². The number of ether oxygens (including phenoxy) is 2. The Morgan fingerprint density at radius 1 is 1.21 bits per heavy atom. The van der Waals surface area contributed by atoms with Gasteiger partial charge in [-0.05, 0) is 14.0 Å². The second-order valence-corrected chi connectivity index (χ2v) is 2.78. The molecule has 86 valence electrons. The number of likely N-dealkylation sites (N-methyl/N-ethyl adjacent to an activating group) is 1. The molecule has 0 aromatic rings. The Morgan fingerprint density at radius 2 is 1.79 bits per heavy atom. The van der Waals surface area contributed by atoms with Gasteiger partial charge in [0.2, 0.25) is 0 Å². The summed E-state index contributed by atoms with van der Waals surface area (Å²) in [5.74, 6) is 0. The molecule has 3 nitrogen and oxygen atoms in total. The van der Waals surface area contributed by atoms with E-state index in [1.54, 1.807) is 7.05 Å². The number of hydrogen-bond donors (Lipinski definition) is 1. The smallest absolute Gasteiger partial charge is 0.380 e. The summed E-state index contributed by atoms with van der Waals surface area (Å²) in [6.07, 6.45) is -4.26. The molecule has 0 heterocycles. The van der Waals surface area contributed by atoms with Crippen molar-refractivity contribution in [2.45, 2.75) is 19.1 Å². The van der Waals surface area contributed by atoms with Gasteiger partial charge in [-0.2, -0.15) is 13.2 Å². The third-order valence-electron chi connectivity index (χ3n) is 1.52. The van der Waals surface area contributed by atoms with E-state index < -0.39 is 12.8 Å². The molecule has 0 saturated carbocycles. The molecule has 6 heteroatoms. The van der Waals surface area contributed by atoms with Crippen molar-refractivity contribution in [1.29, 1.82) is 0 Å². The van der Waals surface area contributed by atoms with Crippen LogP contribution < -0.4 is 5.32 Å². The van der Waals surface area contributed by atoms with Crippen LogP contribution in [0.5, 0.6) is 0 Å². The third-order valence-corrected chi connectivity index (χ3v) is 1.52.